The predicted molar refractivity (Wildman–Crippen MR) is 86.5 cm³/mol. The lowest BCUT2D eigenvalue weighted by Gasteiger charge is -2.35. The number of ether oxygens (including phenoxy) is 2. The Morgan fingerprint density at radius 1 is 1.50 bits per heavy atom. The molecule has 1 aromatic heterocycles. The summed E-state index contributed by atoms with van der Waals surface area (Å²) >= 11 is 0. The Hall–Kier alpha value is -2.25. The number of H-pyrrole nitrogens is 1. The van der Waals surface area contributed by atoms with Gasteiger partial charge in [-0.3, -0.25) is 9.69 Å². The third-order valence-electron chi connectivity index (χ3n) is 4.12. The van der Waals surface area contributed by atoms with Gasteiger partial charge in [0.1, 0.15) is 17.4 Å². The van der Waals surface area contributed by atoms with Gasteiger partial charge in [0.15, 0.2) is 0 Å². The van der Waals surface area contributed by atoms with Crippen LogP contribution in [0.5, 0.6) is 5.75 Å². The fourth-order valence-corrected chi connectivity index (χ4v) is 2.96. The van der Waals surface area contributed by atoms with E-state index in [4.69, 9.17) is 9.47 Å². The summed E-state index contributed by atoms with van der Waals surface area (Å²) in [5.41, 5.74) is 0.922. The minimum atomic E-state index is -0.311. The Morgan fingerprint density at radius 3 is 3.08 bits per heavy atom. The van der Waals surface area contributed by atoms with E-state index in [1.807, 2.05) is 0 Å². The average molecular weight is 333 g/mol. The van der Waals surface area contributed by atoms with Crippen LogP contribution in [0.1, 0.15) is 23.1 Å². The maximum absolute atomic E-state index is 14.2. The third kappa shape index (κ3) is 3.47. The maximum atomic E-state index is 14.2. The molecule has 0 spiro atoms. The van der Waals surface area contributed by atoms with Crippen molar-refractivity contribution in [2.24, 2.45) is 0 Å². The van der Waals surface area contributed by atoms with Crippen LogP contribution in [0.25, 0.3) is 0 Å². The molecule has 0 bridgehead atoms. The number of aryl methyl sites for hydroxylation is 1. The second kappa shape index (κ2) is 7.11. The Balaban J connectivity index is 1.92. The number of aromatic nitrogens is 2. The van der Waals surface area contributed by atoms with Gasteiger partial charge in [0.05, 0.1) is 32.1 Å². The number of nitrogens with one attached hydrogen (secondary N) is 1. The molecule has 0 unspecified atom stereocenters. The van der Waals surface area contributed by atoms with E-state index in [9.17, 15) is 9.18 Å². The number of hydrogen-bond donors (Lipinski definition) is 1. The van der Waals surface area contributed by atoms with Gasteiger partial charge in [0.25, 0.3) is 5.56 Å². The number of benzene rings is 1. The second-order valence-corrected chi connectivity index (χ2v) is 5.74. The summed E-state index contributed by atoms with van der Waals surface area (Å²) in [6, 6.07) is 6.05. The fraction of sp³-hybridized carbons (Fsp3) is 0.412. The van der Waals surface area contributed by atoms with Crippen molar-refractivity contribution in [3.05, 3.63) is 57.5 Å². The molecule has 7 heteroatoms. The van der Waals surface area contributed by atoms with Crippen LogP contribution in [0.15, 0.2) is 29.1 Å². The Kier molecular flexibility index (Phi) is 4.92. The van der Waals surface area contributed by atoms with Crippen molar-refractivity contribution in [3.8, 4) is 5.75 Å². The van der Waals surface area contributed by atoms with Gasteiger partial charge in [-0.2, -0.15) is 0 Å². The largest absolute Gasteiger partial charge is 0.496 e. The van der Waals surface area contributed by atoms with E-state index in [0.29, 0.717) is 49.1 Å². The van der Waals surface area contributed by atoms with Gasteiger partial charge >= 0.3 is 0 Å². The maximum Gasteiger partial charge on any atom is 0.251 e. The predicted octanol–water partition coefficient (Wildman–Crippen LogP) is 1.80. The minimum Gasteiger partial charge on any atom is -0.496 e. The lowest BCUT2D eigenvalue weighted by atomic mass is 10.1. The molecular formula is C17H20FN3O3. The van der Waals surface area contributed by atoms with Crippen molar-refractivity contribution in [1.29, 1.82) is 0 Å². The van der Waals surface area contributed by atoms with Gasteiger partial charge in [0.2, 0.25) is 0 Å². The van der Waals surface area contributed by atoms with Gasteiger partial charge in [0, 0.05) is 24.7 Å². The topological polar surface area (TPSA) is 67.5 Å². The molecule has 2 aromatic rings. The quantitative estimate of drug-likeness (QED) is 0.924. The summed E-state index contributed by atoms with van der Waals surface area (Å²) < 4.78 is 25.1. The standard InChI is InChI=1S/C17H20FN3O3/c1-11-19-14(8-17(22)20-11)15-10-24-7-6-21(15)9-12-13(18)4-3-5-16(12)23-2/h3-5,8,15H,6-7,9-10H2,1-2H3,(H,19,20,22)/t15-/m1/s1. The lowest BCUT2D eigenvalue weighted by Crippen LogP contribution is -2.40. The molecule has 0 aliphatic carbocycles. The first kappa shape index (κ1) is 16.6. The van der Waals surface area contributed by atoms with Gasteiger partial charge < -0.3 is 14.5 Å². The highest BCUT2D eigenvalue weighted by Crippen LogP contribution is 2.28. The average Bonchev–Trinajstić information content (AvgIpc) is 2.56. The van der Waals surface area contributed by atoms with Crippen molar-refractivity contribution in [3.63, 3.8) is 0 Å². The first-order valence-corrected chi connectivity index (χ1v) is 7.79. The molecule has 128 valence electrons. The molecular weight excluding hydrogens is 313 g/mol. The SMILES string of the molecule is COc1cccc(F)c1CN1CCOC[C@@H]1c1cc(=O)[nH]c(C)n1. The van der Waals surface area contributed by atoms with Crippen molar-refractivity contribution >= 4 is 0 Å². The molecule has 6 nitrogen and oxygen atoms in total. The Bertz CT molecular complexity index is 778. The number of hydrogen-bond acceptors (Lipinski definition) is 5. The molecule has 1 N–H and O–H groups in total. The van der Waals surface area contributed by atoms with E-state index in [-0.39, 0.29) is 17.4 Å². The monoisotopic (exact) mass is 333 g/mol. The van der Waals surface area contributed by atoms with Crippen LogP contribution >= 0.6 is 0 Å². The number of morpholine rings is 1. The van der Waals surface area contributed by atoms with Crippen LogP contribution in [0, 0.1) is 12.7 Å². The molecule has 0 saturated carbocycles. The minimum absolute atomic E-state index is 0.202. The molecule has 1 aliphatic rings. The zero-order valence-electron chi connectivity index (χ0n) is 13.7. The van der Waals surface area contributed by atoms with Gasteiger partial charge in [-0.25, -0.2) is 9.37 Å². The Morgan fingerprint density at radius 2 is 2.33 bits per heavy atom. The van der Waals surface area contributed by atoms with Crippen molar-refractivity contribution in [2.45, 2.75) is 19.5 Å². The molecule has 24 heavy (non-hydrogen) atoms. The van der Waals surface area contributed by atoms with Crippen LogP contribution in [0.4, 0.5) is 4.39 Å². The molecule has 1 atom stereocenters. The second-order valence-electron chi connectivity index (χ2n) is 5.74. The van der Waals surface area contributed by atoms with Crippen molar-refractivity contribution in [1.82, 2.24) is 14.9 Å². The van der Waals surface area contributed by atoms with Crippen LogP contribution < -0.4 is 10.3 Å². The fourth-order valence-electron chi connectivity index (χ4n) is 2.96. The van der Waals surface area contributed by atoms with E-state index < -0.39 is 0 Å². The zero-order chi connectivity index (χ0) is 17.1. The van der Waals surface area contributed by atoms with E-state index >= 15 is 0 Å². The van der Waals surface area contributed by atoms with Crippen LogP contribution in [-0.2, 0) is 11.3 Å². The number of halogens is 1. The van der Waals surface area contributed by atoms with E-state index in [1.165, 1.54) is 19.2 Å². The summed E-state index contributed by atoms with van der Waals surface area (Å²) in [5, 5.41) is 0. The molecule has 2 heterocycles. The number of aromatic amines is 1. The normalized spacial score (nSPS) is 18.5. The van der Waals surface area contributed by atoms with Crippen LogP contribution in [-0.4, -0.2) is 41.7 Å². The molecule has 0 radical (unpaired) electrons. The van der Waals surface area contributed by atoms with Crippen molar-refractivity contribution < 1.29 is 13.9 Å². The number of methoxy groups -OCH3 is 1. The Labute approximate surface area is 139 Å². The number of rotatable bonds is 4. The molecule has 1 aliphatic heterocycles. The summed E-state index contributed by atoms with van der Waals surface area (Å²) in [5.74, 6) is 0.747. The third-order valence-corrected chi connectivity index (χ3v) is 4.12. The van der Waals surface area contributed by atoms with Gasteiger partial charge in [-0.15, -0.1) is 0 Å². The first-order chi connectivity index (χ1) is 11.6. The molecule has 1 saturated heterocycles. The van der Waals surface area contributed by atoms with Gasteiger partial charge in [-0.1, -0.05) is 6.07 Å². The highest BCUT2D eigenvalue weighted by atomic mass is 19.1. The smallest absolute Gasteiger partial charge is 0.251 e. The van der Waals surface area contributed by atoms with E-state index in [0.717, 1.165) is 0 Å². The summed E-state index contributed by atoms with van der Waals surface area (Å²) in [7, 11) is 1.52. The highest BCUT2D eigenvalue weighted by molar-refractivity contribution is 5.34. The summed E-state index contributed by atoms with van der Waals surface area (Å²) in [4.78, 5) is 20.8. The van der Waals surface area contributed by atoms with Crippen molar-refractivity contribution in [2.75, 3.05) is 26.9 Å². The van der Waals surface area contributed by atoms with Crippen LogP contribution in [0.2, 0.25) is 0 Å². The summed E-state index contributed by atoms with van der Waals surface area (Å²) in [6.07, 6.45) is 0. The lowest BCUT2D eigenvalue weighted by molar-refractivity contribution is -0.0151. The molecule has 0 amide bonds. The van der Waals surface area contributed by atoms with E-state index in [1.54, 1.807) is 19.1 Å². The van der Waals surface area contributed by atoms with Crippen LogP contribution in [0.3, 0.4) is 0 Å². The van der Waals surface area contributed by atoms with E-state index in [2.05, 4.69) is 14.9 Å². The highest BCUT2D eigenvalue weighted by Gasteiger charge is 2.28. The molecule has 1 aromatic carbocycles. The zero-order valence-corrected chi connectivity index (χ0v) is 13.7. The number of nitrogens with zero attached hydrogens (tertiary/aromatic N) is 2. The van der Waals surface area contributed by atoms with Gasteiger partial charge in [-0.05, 0) is 19.1 Å². The molecule has 3 rings (SSSR count). The molecule has 1 fully saturated rings. The summed E-state index contributed by atoms with van der Waals surface area (Å²) in [6.45, 7) is 3.67. The first-order valence-electron chi connectivity index (χ1n) is 7.79.